The van der Waals surface area contributed by atoms with Gasteiger partial charge in [-0.3, -0.25) is 4.98 Å². The molecule has 2 aliphatic rings. The second-order valence-electron chi connectivity index (χ2n) is 8.67. The highest BCUT2D eigenvalue weighted by atomic mass is 19.1. The van der Waals surface area contributed by atoms with Gasteiger partial charge in [0.15, 0.2) is 0 Å². The Morgan fingerprint density at radius 3 is 2.57 bits per heavy atom. The summed E-state index contributed by atoms with van der Waals surface area (Å²) in [6, 6.07) is 6.95. The van der Waals surface area contributed by atoms with E-state index in [2.05, 4.69) is 14.8 Å². The van der Waals surface area contributed by atoms with Gasteiger partial charge in [0.25, 0.3) is 0 Å². The Kier molecular flexibility index (Phi) is 6.79. The number of halogens is 1. The molecule has 4 heteroatoms. The van der Waals surface area contributed by atoms with E-state index in [1.807, 2.05) is 12.3 Å². The summed E-state index contributed by atoms with van der Waals surface area (Å²) < 4.78 is 13.7. The molecule has 0 N–H and O–H groups in total. The van der Waals surface area contributed by atoms with Gasteiger partial charge in [0, 0.05) is 30.4 Å². The van der Waals surface area contributed by atoms with Crippen molar-refractivity contribution in [2.24, 2.45) is 5.92 Å². The Morgan fingerprint density at radius 1 is 0.929 bits per heavy atom. The topological polar surface area (TPSA) is 19.4 Å². The highest BCUT2D eigenvalue weighted by Gasteiger charge is 2.20. The van der Waals surface area contributed by atoms with E-state index in [0.717, 1.165) is 35.6 Å². The highest BCUT2D eigenvalue weighted by molar-refractivity contribution is 5.91. The zero-order valence-corrected chi connectivity index (χ0v) is 17.1. The molecule has 0 amide bonds. The molecule has 0 spiro atoms. The summed E-state index contributed by atoms with van der Waals surface area (Å²) in [6.45, 7) is 6.12. The van der Waals surface area contributed by atoms with Crippen LogP contribution in [0.15, 0.2) is 30.5 Å². The fourth-order valence-corrected chi connectivity index (χ4v) is 4.97. The van der Waals surface area contributed by atoms with Gasteiger partial charge in [0.05, 0.1) is 5.52 Å². The number of aromatic nitrogens is 1. The van der Waals surface area contributed by atoms with Gasteiger partial charge in [-0.15, -0.1) is 0 Å². The molecule has 0 atom stereocenters. The number of hydrogen-bond donors (Lipinski definition) is 0. The molecule has 4 rings (SSSR count). The summed E-state index contributed by atoms with van der Waals surface area (Å²) in [5.74, 6) is 0.678. The number of anilines is 1. The van der Waals surface area contributed by atoms with Crippen LogP contribution in [0.2, 0.25) is 0 Å². The summed E-state index contributed by atoms with van der Waals surface area (Å²) in [5.41, 5.74) is 2.03. The monoisotopic (exact) mass is 383 g/mol. The van der Waals surface area contributed by atoms with Crippen molar-refractivity contribution >= 4 is 16.6 Å². The standard InChI is InChI=1S/C24H34FN3/c25-21-8-9-23-22(19-21)24(10-13-26-23)28-17-11-20(12-18-28)7-3-1-4-14-27-15-5-2-6-16-27/h8-10,13,19-20H,1-7,11-12,14-18H2. The number of unbranched alkanes of at least 4 members (excludes halogenated alkanes) is 2. The molecule has 2 aromatic rings. The van der Waals surface area contributed by atoms with E-state index in [-0.39, 0.29) is 5.82 Å². The van der Waals surface area contributed by atoms with Crippen LogP contribution in [-0.2, 0) is 0 Å². The third kappa shape index (κ3) is 5.02. The lowest BCUT2D eigenvalue weighted by atomic mass is 9.91. The summed E-state index contributed by atoms with van der Waals surface area (Å²) in [4.78, 5) is 9.47. The first-order valence-electron chi connectivity index (χ1n) is 11.3. The van der Waals surface area contributed by atoms with Gasteiger partial charge in [-0.2, -0.15) is 0 Å². The van der Waals surface area contributed by atoms with Gasteiger partial charge in [0.2, 0.25) is 0 Å². The second-order valence-corrected chi connectivity index (χ2v) is 8.67. The SMILES string of the molecule is Fc1ccc2nccc(N3CCC(CCCCCN4CCCCC4)CC3)c2c1. The molecule has 0 bridgehead atoms. The van der Waals surface area contributed by atoms with Crippen molar-refractivity contribution in [2.45, 2.75) is 57.8 Å². The van der Waals surface area contributed by atoms with Crippen molar-refractivity contribution in [3.63, 3.8) is 0 Å². The Morgan fingerprint density at radius 2 is 1.75 bits per heavy atom. The molecule has 28 heavy (non-hydrogen) atoms. The number of rotatable bonds is 7. The van der Waals surface area contributed by atoms with Gasteiger partial charge in [-0.05, 0) is 81.9 Å². The normalized spacial score (nSPS) is 19.4. The summed E-state index contributed by atoms with van der Waals surface area (Å²) in [6.07, 6.45) is 14.1. The molecule has 0 saturated carbocycles. The predicted octanol–water partition coefficient (Wildman–Crippen LogP) is 5.64. The maximum atomic E-state index is 13.7. The third-order valence-electron chi connectivity index (χ3n) is 6.67. The van der Waals surface area contributed by atoms with E-state index < -0.39 is 0 Å². The molecule has 0 unspecified atom stereocenters. The lowest BCUT2D eigenvalue weighted by molar-refractivity contribution is 0.223. The van der Waals surface area contributed by atoms with Crippen LogP contribution in [0.5, 0.6) is 0 Å². The Hall–Kier alpha value is -1.68. The van der Waals surface area contributed by atoms with Crippen LogP contribution in [0.1, 0.15) is 57.8 Å². The average molecular weight is 384 g/mol. The summed E-state index contributed by atoms with van der Waals surface area (Å²) in [5, 5.41) is 0.943. The highest BCUT2D eigenvalue weighted by Crippen LogP contribution is 2.31. The van der Waals surface area contributed by atoms with Crippen molar-refractivity contribution in [1.29, 1.82) is 0 Å². The molecule has 3 nitrogen and oxygen atoms in total. The van der Waals surface area contributed by atoms with E-state index in [9.17, 15) is 4.39 Å². The predicted molar refractivity (Wildman–Crippen MR) is 115 cm³/mol. The molecule has 1 aromatic heterocycles. The van der Waals surface area contributed by atoms with E-state index in [4.69, 9.17) is 0 Å². The molecule has 3 heterocycles. The molecule has 0 radical (unpaired) electrons. The zero-order valence-electron chi connectivity index (χ0n) is 17.1. The van der Waals surface area contributed by atoms with E-state index in [0.29, 0.717) is 0 Å². The van der Waals surface area contributed by atoms with E-state index in [1.165, 1.54) is 83.5 Å². The number of likely N-dealkylation sites (tertiary alicyclic amines) is 1. The van der Waals surface area contributed by atoms with Crippen LogP contribution in [0, 0.1) is 11.7 Å². The second kappa shape index (κ2) is 9.69. The van der Waals surface area contributed by atoms with Gasteiger partial charge in [0.1, 0.15) is 5.82 Å². The minimum absolute atomic E-state index is 0.179. The number of nitrogens with zero attached hydrogens (tertiary/aromatic N) is 3. The molecular weight excluding hydrogens is 349 g/mol. The van der Waals surface area contributed by atoms with Crippen LogP contribution in [-0.4, -0.2) is 42.6 Å². The molecule has 2 saturated heterocycles. The first kappa shape index (κ1) is 19.6. The van der Waals surface area contributed by atoms with Crippen molar-refractivity contribution in [2.75, 3.05) is 37.6 Å². The van der Waals surface area contributed by atoms with Crippen LogP contribution in [0.3, 0.4) is 0 Å². The fourth-order valence-electron chi connectivity index (χ4n) is 4.97. The lowest BCUT2D eigenvalue weighted by Gasteiger charge is -2.34. The number of benzene rings is 1. The first-order valence-corrected chi connectivity index (χ1v) is 11.3. The summed E-state index contributed by atoms with van der Waals surface area (Å²) in [7, 11) is 0. The number of hydrogen-bond acceptors (Lipinski definition) is 3. The Balaban J connectivity index is 1.20. The minimum atomic E-state index is -0.179. The third-order valence-corrected chi connectivity index (χ3v) is 6.67. The lowest BCUT2D eigenvalue weighted by Crippen LogP contribution is -2.33. The molecular formula is C24H34FN3. The number of piperidine rings is 2. The van der Waals surface area contributed by atoms with Crippen LogP contribution >= 0.6 is 0 Å². The van der Waals surface area contributed by atoms with Crippen molar-refractivity contribution < 1.29 is 4.39 Å². The number of pyridine rings is 1. The van der Waals surface area contributed by atoms with Crippen LogP contribution in [0.25, 0.3) is 10.9 Å². The Bertz CT molecular complexity index is 749. The van der Waals surface area contributed by atoms with Crippen molar-refractivity contribution in [3.05, 3.63) is 36.3 Å². The average Bonchev–Trinajstić information content (AvgIpc) is 2.74. The maximum absolute atomic E-state index is 13.7. The van der Waals surface area contributed by atoms with Crippen molar-refractivity contribution in [1.82, 2.24) is 9.88 Å². The largest absolute Gasteiger partial charge is 0.371 e. The first-order chi connectivity index (χ1) is 13.8. The quantitative estimate of drug-likeness (QED) is 0.577. The van der Waals surface area contributed by atoms with Gasteiger partial charge in [-0.1, -0.05) is 25.7 Å². The summed E-state index contributed by atoms with van der Waals surface area (Å²) >= 11 is 0. The molecule has 152 valence electrons. The smallest absolute Gasteiger partial charge is 0.124 e. The van der Waals surface area contributed by atoms with E-state index >= 15 is 0 Å². The van der Waals surface area contributed by atoms with Gasteiger partial charge >= 0.3 is 0 Å². The molecule has 2 aliphatic heterocycles. The molecule has 2 fully saturated rings. The van der Waals surface area contributed by atoms with Crippen LogP contribution < -0.4 is 4.90 Å². The molecule has 1 aromatic carbocycles. The Labute approximate surface area is 168 Å². The van der Waals surface area contributed by atoms with Crippen LogP contribution in [0.4, 0.5) is 10.1 Å². The van der Waals surface area contributed by atoms with Crippen molar-refractivity contribution in [3.8, 4) is 0 Å². The zero-order chi connectivity index (χ0) is 19.2. The molecule has 0 aliphatic carbocycles. The fraction of sp³-hybridized carbons (Fsp3) is 0.625. The minimum Gasteiger partial charge on any atom is -0.371 e. The van der Waals surface area contributed by atoms with Gasteiger partial charge in [-0.25, -0.2) is 4.39 Å². The number of fused-ring (bicyclic) bond motifs is 1. The van der Waals surface area contributed by atoms with Gasteiger partial charge < -0.3 is 9.80 Å². The van der Waals surface area contributed by atoms with E-state index in [1.54, 1.807) is 12.1 Å². The maximum Gasteiger partial charge on any atom is 0.124 e.